The van der Waals surface area contributed by atoms with Gasteiger partial charge in [0.25, 0.3) is 0 Å². The van der Waals surface area contributed by atoms with Crippen LogP contribution in [0.5, 0.6) is 0 Å². The van der Waals surface area contributed by atoms with E-state index in [0.29, 0.717) is 11.6 Å². The molecule has 1 aliphatic rings. The van der Waals surface area contributed by atoms with Gasteiger partial charge in [-0.3, -0.25) is 0 Å². The lowest BCUT2D eigenvalue weighted by molar-refractivity contribution is 0.436. The maximum absolute atomic E-state index is 14.1. The first-order chi connectivity index (χ1) is 11.3. The molecule has 0 saturated heterocycles. The second-order valence-corrected chi connectivity index (χ2v) is 7.59. The first kappa shape index (κ1) is 17.0. The number of hydrogen-bond donors (Lipinski definition) is 1. The summed E-state index contributed by atoms with van der Waals surface area (Å²) in [5, 5.41) is 4.85. The molecule has 8 heteroatoms. The van der Waals surface area contributed by atoms with E-state index in [2.05, 4.69) is 4.98 Å². The van der Waals surface area contributed by atoms with Gasteiger partial charge in [0.1, 0.15) is 11.6 Å². The molecule has 0 radical (unpaired) electrons. The summed E-state index contributed by atoms with van der Waals surface area (Å²) in [5.41, 5.74) is 0.799. The molecule has 0 aliphatic heterocycles. The number of sulfonamides is 1. The Hall–Kier alpha value is -1.80. The zero-order valence-corrected chi connectivity index (χ0v) is 14.0. The average molecular weight is 356 g/mol. The molecular weight excluding hydrogens is 338 g/mol. The van der Waals surface area contributed by atoms with E-state index in [-0.39, 0.29) is 17.2 Å². The fourth-order valence-corrected chi connectivity index (χ4v) is 3.93. The summed E-state index contributed by atoms with van der Waals surface area (Å²) >= 11 is 0. The van der Waals surface area contributed by atoms with E-state index in [1.165, 1.54) is 0 Å². The van der Waals surface area contributed by atoms with Crippen LogP contribution in [0.4, 0.5) is 8.78 Å². The molecule has 2 N–H and O–H groups in total. The van der Waals surface area contributed by atoms with Gasteiger partial charge in [-0.2, -0.15) is 0 Å². The standard InChI is InChI=1S/C16H18F2N2O3S/c1-9-20-14(10-5-3-2-4-6-10)15(23-9)11-7-12(17)16(13(18)8-11)24(19,21)22/h7-8,10H,2-6H2,1H3,(H2,19,21,22). The molecule has 24 heavy (non-hydrogen) atoms. The van der Waals surface area contributed by atoms with Gasteiger partial charge in [-0.05, 0) is 25.0 Å². The van der Waals surface area contributed by atoms with Gasteiger partial charge in [-0.25, -0.2) is 27.3 Å². The molecule has 1 fully saturated rings. The molecule has 1 heterocycles. The molecular formula is C16H18F2N2O3S. The Labute approximate surface area is 138 Å². The monoisotopic (exact) mass is 356 g/mol. The van der Waals surface area contributed by atoms with E-state index in [1.54, 1.807) is 6.92 Å². The molecule has 1 aromatic carbocycles. The maximum Gasteiger partial charge on any atom is 0.243 e. The van der Waals surface area contributed by atoms with Crippen LogP contribution >= 0.6 is 0 Å². The van der Waals surface area contributed by atoms with Crippen molar-refractivity contribution in [1.82, 2.24) is 4.98 Å². The largest absolute Gasteiger partial charge is 0.441 e. The minimum Gasteiger partial charge on any atom is -0.441 e. The minimum atomic E-state index is -4.48. The third kappa shape index (κ3) is 3.21. The lowest BCUT2D eigenvalue weighted by atomic mass is 9.85. The number of rotatable bonds is 3. The van der Waals surface area contributed by atoms with E-state index >= 15 is 0 Å². The average Bonchev–Trinajstić information content (AvgIpc) is 2.88. The summed E-state index contributed by atoms with van der Waals surface area (Å²) in [7, 11) is -4.48. The van der Waals surface area contributed by atoms with Crippen LogP contribution in [0.25, 0.3) is 11.3 Å². The molecule has 0 amide bonds. The van der Waals surface area contributed by atoms with Crippen LogP contribution in [-0.2, 0) is 10.0 Å². The van der Waals surface area contributed by atoms with Crippen LogP contribution in [-0.4, -0.2) is 13.4 Å². The second kappa shape index (κ2) is 6.25. The minimum absolute atomic E-state index is 0.124. The van der Waals surface area contributed by atoms with E-state index in [0.717, 1.165) is 44.2 Å². The van der Waals surface area contributed by atoms with Gasteiger partial charge < -0.3 is 4.42 Å². The Morgan fingerprint density at radius 3 is 2.29 bits per heavy atom. The van der Waals surface area contributed by atoms with Crippen molar-refractivity contribution in [3.63, 3.8) is 0 Å². The number of oxazole rings is 1. The van der Waals surface area contributed by atoms with Crippen molar-refractivity contribution in [2.24, 2.45) is 5.14 Å². The Bertz CT molecular complexity index is 848. The molecule has 0 bridgehead atoms. The number of nitrogens with zero attached hydrogens (tertiary/aromatic N) is 1. The highest BCUT2D eigenvalue weighted by molar-refractivity contribution is 7.89. The highest BCUT2D eigenvalue weighted by Crippen LogP contribution is 2.39. The summed E-state index contributed by atoms with van der Waals surface area (Å²) in [6.45, 7) is 1.67. The van der Waals surface area contributed by atoms with E-state index < -0.39 is 26.6 Å². The fourth-order valence-electron chi connectivity index (χ4n) is 3.27. The Balaban J connectivity index is 2.10. The lowest BCUT2D eigenvalue weighted by Crippen LogP contribution is -2.16. The topological polar surface area (TPSA) is 86.2 Å². The molecule has 1 saturated carbocycles. The SMILES string of the molecule is Cc1nc(C2CCCCC2)c(-c2cc(F)c(S(N)(=O)=O)c(F)c2)o1. The molecule has 3 rings (SSSR count). The number of halogens is 2. The number of hydrogen-bond acceptors (Lipinski definition) is 4. The van der Waals surface area contributed by atoms with Gasteiger partial charge in [-0.1, -0.05) is 19.3 Å². The zero-order valence-electron chi connectivity index (χ0n) is 13.2. The third-order valence-electron chi connectivity index (χ3n) is 4.30. The predicted molar refractivity (Wildman–Crippen MR) is 83.8 cm³/mol. The normalized spacial score (nSPS) is 16.5. The lowest BCUT2D eigenvalue weighted by Gasteiger charge is -2.20. The van der Waals surface area contributed by atoms with E-state index in [1.807, 2.05) is 0 Å². The second-order valence-electron chi connectivity index (χ2n) is 6.10. The highest BCUT2D eigenvalue weighted by atomic mass is 32.2. The molecule has 5 nitrogen and oxygen atoms in total. The summed E-state index contributed by atoms with van der Waals surface area (Å²) in [4.78, 5) is 3.25. The Morgan fingerprint density at radius 1 is 1.17 bits per heavy atom. The molecule has 0 atom stereocenters. The smallest absolute Gasteiger partial charge is 0.243 e. The molecule has 130 valence electrons. The van der Waals surface area contributed by atoms with Crippen LogP contribution < -0.4 is 5.14 Å². The van der Waals surface area contributed by atoms with Crippen LogP contribution in [0, 0.1) is 18.6 Å². The summed E-state index contributed by atoms with van der Waals surface area (Å²) in [6, 6.07) is 1.85. The molecule has 0 unspecified atom stereocenters. The van der Waals surface area contributed by atoms with Crippen molar-refractivity contribution < 1.29 is 21.6 Å². The van der Waals surface area contributed by atoms with Crippen molar-refractivity contribution in [1.29, 1.82) is 0 Å². The van der Waals surface area contributed by atoms with Crippen molar-refractivity contribution in [2.45, 2.75) is 49.8 Å². The van der Waals surface area contributed by atoms with E-state index in [9.17, 15) is 17.2 Å². The van der Waals surface area contributed by atoms with Crippen molar-refractivity contribution in [3.8, 4) is 11.3 Å². The maximum atomic E-state index is 14.1. The van der Waals surface area contributed by atoms with Gasteiger partial charge in [-0.15, -0.1) is 0 Å². The number of benzene rings is 1. The van der Waals surface area contributed by atoms with Crippen molar-refractivity contribution in [3.05, 3.63) is 35.4 Å². The van der Waals surface area contributed by atoms with Crippen LogP contribution in [0.3, 0.4) is 0 Å². The van der Waals surface area contributed by atoms with Crippen LogP contribution in [0.2, 0.25) is 0 Å². The van der Waals surface area contributed by atoms with Crippen LogP contribution in [0.15, 0.2) is 21.4 Å². The molecule has 1 aromatic heterocycles. The van der Waals surface area contributed by atoms with Crippen LogP contribution in [0.1, 0.15) is 49.6 Å². The third-order valence-corrected chi connectivity index (χ3v) is 5.26. The van der Waals surface area contributed by atoms with Gasteiger partial charge in [0.2, 0.25) is 10.0 Å². The predicted octanol–water partition coefficient (Wildman–Crippen LogP) is 3.62. The molecule has 2 aromatic rings. The molecule has 1 aliphatic carbocycles. The first-order valence-electron chi connectivity index (χ1n) is 7.77. The number of aromatic nitrogens is 1. The fraction of sp³-hybridized carbons (Fsp3) is 0.438. The molecule has 0 spiro atoms. The number of primary sulfonamides is 1. The summed E-state index contributed by atoms with van der Waals surface area (Å²) in [5.74, 6) is -1.61. The zero-order chi connectivity index (χ0) is 17.5. The van der Waals surface area contributed by atoms with Gasteiger partial charge in [0, 0.05) is 18.4 Å². The van der Waals surface area contributed by atoms with Crippen molar-refractivity contribution >= 4 is 10.0 Å². The number of nitrogens with two attached hydrogens (primary N) is 1. The summed E-state index contributed by atoms with van der Waals surface area (Å²) < 4.78 is 56.4. The first-order valence-corrected chi connectivity index (χ1v) is 9.31. The number of aryl methyl sites for hydroxylation is 1. The van der Waals surface area contributed by atoms with Gasteiger partial charge in [0.05, 0.1) is 5.69 Å². The highest BCUT2D eigenvalue weighted by Gasteiger charge is 2.27. The van der Waals surface area contributed by atoms with Gasteiger partial charge in [0.15, 0.2) is 16.5 Å². The Morgan fingerprint density at radius 2 is 1.75 bits per heavy atom. The van der Waals surface area contributed by atoms with Crippen molar-refractivity contribution in [2.75, 3.05) is 0 Å². The Kier molecular flexibility index (Phi) is 4.44. The quantitative estimate of drug-likeness (QED) is 0.910. The summed E-state index contributed by atoms with van der Waals surface area (Å²) in [6.07, 6.45) is 5.19. The van der Waals surface area contributed by atoms with E-state index in [4.69, 9.17) is 9.56 Å². The van der Waals surface area contributed by atoms with Gasteiger partial charge >= 0.3 is 0 Å².